The summed E-state index contributed by atoms with van der Waals surface area (Å²) in [6, 6.07) is 5.67. The molecule has 2 rings (SSSR count). The van der Waals surface area contributed by atoms with Crippen molar-refractivity contribution in [2.75, 3.05) is 0 Å². The van der Waals surface area contributed by atoms with Crippen LogP contribution in [0.25, 0.3) is 11.0 Å². The summed E-state index contributed by atoms with van der Waals surface area (Å²) in [7, 11) is 0. The number of aliphatic hydroxyl groups excluding tert-OH is 1. The second kappa shape index (κ2) is 4.13. The SMILES string of the molecule is CCC(C)(O)C(O)c1cc2cc(F)ccc2o1. The van der Waals surface area contributed by atoms with Gasteiger partial charge in [-0.3, -0.25) is 0 Å². The van der Waals surface area contributed by atoms with Gasteiger partial charge in [0.15, 0.2) is 0 Å². The minimum Gasteiger partial charge on any atom is -0.458 e. The predicted octanol–water partition coefficient (Wildman–Crippen LogP) is 2.77. The molecule has 2 unspecified atom stereocenters. The molecule has 0 spiro atoms. The number of fused-ring (bicyclic) bond motifs is 1. The van der Waals surface area contributed by atoms with Gasteiger partial charge >= 0.3 is 0 Å². The molecule has 0 aliphatic heterocycles. The van der Waals surface area contributed by atoms with E-state index in [9.17, 15) is 14.6 Å². The molecule has 2 aromatic rings. The molecule has 0 amide bonds. The average molecular weight is 238 g/mol. The van der Waals surface area contributed by atoms with Gasteiger partial charge in [-0.2, -0.15) is 0 Å². The molecule has 2 atom stereocenters. The summed E-state index contributed by atoms with van der Waals surface area (Å²) in [6.07, 6.45) is -0.734. The average Bonchev–Trinajstić information content (AvgIpc) is 2.70. The van der Waals surface area contributed by atoms with Crippen LogP contribution in [0.4, 0.5) is 4.39 Å². The summed E-state index contributed by atoms with van der Waals surface area (Å²) in [5, 5.41) is 20.5. The third kappa shape index (κ3) is 2.18. The van der Waals surface area contributed by atoms with Gasteiger partial charge in [-0.15, -0.1) is 0 Å². The van der Waals surface area contributed by atoms with Crippen molar-refractivity contribution in [3.63, 3.8) is 0 Å². The fraction of sp³-hybridized carbons (Fsp3) is 0.385. The first-order valence-corrected chi connectivity index (χ1v) is 5.53. The third-order valence-electron chi connectivity index (χ3n) is 3.07. The fourth-order valence-corrected chi connectivity index (χ4v) is 1.67. The second-order valence-electron chi connectivity index (χ2n) is 4.44. The van der Waals surface area contributed by atoms with Crippen LogP contribution >= 0.6 is 0 Å². The standard InChI is InChI=1S/C13H15FO3/c1-3-13(2,16)12(15)11-7-8-6-9(14)4-5-10(8)17-11/h4-7,12,15-16H,3H2,1-2H3. The molecule has 0 saturated carbocycles. The van der Waals surface area contributed by atoms with Gasteiger partial charge in [0.05, 0.1) is 5.60 Å². The van der Waals surface area contributed by atoms with Crippen LogP contribution in [0.3, 0.4) is 0 Å². The van der Waals surface area contributed by atoms with Crippen molar-refractivity contribution >= 4 is 11.0 Å². The maximum absolute atomic E-state index is 13.0. The largest absolute Gasteiger partial charge is 0.458 e. The van der Waals surface area contributed by atoms with Gasteiger partial charge in [0.2, 0.25) is 0 Å². The zero-order valence-corrected chi connectivity index (χ0v) is 9.77. The Balaban J connectivity index is 2.43. The number of rotatable bonds is 3. The van der Waals surface area contributed by atoms with E-state index in [1.165, 1.54) is 25.1 Å². The van der Waals surface area contributed by atoms with Crippen molar-refractivity contribution in [1.29, 1.82) is 0 Å². The third-order valence-corrected chi connectivity index (χ3v) is 3.07. The number of aliphatic hydroxyl groups is 2. The lowest BCUT2D eigenvalue weighted by molar-refractivity contribution is -0.0743. The Labute approximate surface area is 98.5 Å². The van der Waals surface area contributed by atoms with E-state index in [1.807, 2.05) is 0 Å². The van der Waals surface area contributed by atoms with Gasteiger partial charge in [0, 0.05) is 5.39 Å². The molecule has 0 aliphatic rings. The molecule has 0 saturated heterocycles. The van der Waals surface area contributed by atoms with Gasteiger partial charge in [-0.1, -0.05) is 6.92 Å². The van der Waals surface area contributed by atoms with Crippen LogP contribution in [-0.2, 0) is 0 Å². The smallest absolute Gasteiger partial charge is 0.140 e. The number of halogens is 1. The first kappa shape index (κ1) is 12.1. The fourth-order valence-electron chi connectivity index (χ4n) is 1.67. The number of furan rings is 1. The van der Waals surface area contributed by atoms with E-state index in [0.29, 0.717) is 17.4 Å². The lowest BCUT2D eigenvalue weighted by Gasteiger charge is -2.25. The van der Waals surface area contributed by atoms with Crippen LogP contribution in [-0.4, -0.2) is 15.8 Å². The number of hydrogen-bond donors (Lipinski definition) is 2. The molecule has 4 heteroatoms. The van der Waals surface area contributed by atoms with E-state index < -0.39 is 11.7 Å². The molecule has 2 N–H and O–H groups in total. The van der Waals surface area contributed by atoms with Crippen LogP contribution in [0.15, 0.2) is 28.7 Å². The quantitative estimate of drug-likeness (QED) is 0.864. The minimum atomic E-state index is -1.26. The molecular weight excluding hydrogens is 223 g/mol. The van der Waals surface area contributed by atoms with E-state index in [1.54, 1.807) is 13.0 Å². The van der Waals surface area contributed by atoms with E-state index >= 15 is 0 Å². The van der Waals surface area contributed by atoms with Gasteiger partial charge in [0.25, 0.3) is 0 Å². The predicted molar refractivity (Wildman–Crippen MR) is 62.0 cm³/mol. The molecule has 1 heterocycles. The van der Waals surface area contributed by atoms with Crippen molar-refractivity contribution in [1.82, 2.24) is 0 Å². The van der Waals surface area contributed by atoms with E-state index in [2.05, 4.69) is 0 Å². The summed E-state index contributed by atoms with van der Waals surface area (Å²) < 4.78 is 18.4. The molecule has 17 heavy (non-hydrogen) atoms. The van der Waals surface area contributed by atoms with Crippen molar-refractivity contribution in [2.24, 2.45) is 0 Å². The molecule has 0 bridgehead atoms. The molecule has 1 aromatic carbocycles. The van der Waals surface area contributed by atoms with E-state index in [4.69, 9.17) is 4.42 Å². The zero-order valence-electron chi connectivity index (χ0n) is 9.77. The summed E-state index contributed by atoms with van der Waals surface area (Å²) in [5.41, 5.74) is -0.765. The molecule has 0 fully saturated rings. The van der Waals surface area contributed by atoms with Gasteiger partial charge in [-0.05, 0) is 37.6 Å². The Morgan fingerprint density at radius 2 is 2.12 bits per heavy atom. The van der Waals surface area contributed by atoms with Crippen LogP contribution in [0.5, 0.6) is 0 Å². The molecular formula is C13H15FO3. The zero-order chi connectivity index (χ0) is 12.6. The Morgan fingerprint density at radius 1 is 1.41 bits per heavy atom. The summed E-state index contributed by atoms with van der Waals surface area (Å²) in [4.78, 5) is 0. The lowest BCUT2D eigenvalue weighted by Crippen LogP contribution is -2.31. The molecule has 0 radical (unpaired) electrons. The van der Waals surface area contributed by atoms with Crippen LogP contribution in [0.2, 0.25) is 0 Å². The van der Waals surface area contributed by atoms with E-state index in [-0.39, 0.29) is 11.6 Å². The number of hydrogen-bond acceptors (Lipinski definition) is 3. The second-order valence-corrected chi connectivity index (χ2v) is 4.44. The Morgan fingerprint density at radius 3 is 2.76 bits per heavy atom. The van der Waals surface area contributed by atoms with Crippen LogP contribution in [0.1, 0.15) is 32.1 Å². The maximum atomic E-state index is 13.0. The van der Waals surface area contributed by atoms with Gasteiger partial charge in [-0.25, -0.2) is 4.39 Å². The molecule has 1 aromatic heterocycles. The summed E-state index contributed by atoms with van der Waals surface area (Å²) in [5.74, 6) is -0.112. The van der Waals surface area contributed by atoms with Crippen LogP contribution in [0, 0.1) is 5.82 Å². The normalized spacial score (nSPS) is 17.0. The highest BCUT2D eigenvalue weighted by Gasteiger charge is 2.32. The Bertz CT molecular complexity index is 530. The highest BCUT2D eigenvalue weighted by molar-refractivity contribution is 5.78. The maximum Gasteiger partial charge on any atom is 0.140 e. The van der Waals surface area contributed by atoms with Gasteiger partial charge in [0.1, 0.15) is 23.3 Å². The van der Waals surface area contributed by atoms with Crippen molar-refractivity contribution in [2.45, 2.75) is 32.0 Å². The highest BCUT2D eigenvalue weighted by atomic mass is 19.1. The summed E-state index contributed by atoms with van der Waals surface area (Å²) in [6.45, 7) is 3.30. The molecule has 0 aliphatic carbocycles. The van der Waals surface area contributed by atoms with Crippen molar-refractivity contribution < 1.29 is 19.0 Å². The number of benzene rings is 1. The monoisotopic (exact) mass is 238 g/mol. The topological polar surface area (TPSA) is 53.6 Å². The Hall–Kier alpha value is -1.39. The molecule has 92 valence electrons. The highest BCUT2D eigenvalue weighted by Crippen LogP contribution is 2.32. The van der Waals surface area contributed by atoms with Gasteiger partial charge < -0.3 is 14.6 Å². The molecule has 3 nitrogen and oxygen atoms in total. The Kier molecular flexibility index (Phi) is 2.93. The van der Waals surface area contributed by atoms with Crippen LogP contribution < -0.4 is 0 Å². The summed E-state index contributed by atoms with van der Waals surface area (Å²) >= 11 is 0. The lowest BCUT2D eigenvalue weighted by atomic mass is 9.94. The van der Waals surface area contributed by atoms with Crippen molar-refractivity contribution in [3.8, 4) is 0 Å². The first-order chi connectivity index (χ1) is 7.94. The van der Waals surface area contributed by atoms with E-state index in [0.717, 1.165) is 0 Å². The van der Waals surface area contributed by atoms with Crippen molar-refractivity contribution in [3.05, 3.63) is 35.8 Å². The minimum absolute atomic E-state index is 0.248. The first-order valence-electron chi connectivity index (χ1n) is 5.53.